The molecule has 13 heavy (non-hydrogen) atoms. The number of hydrogen-bond acceptors (Lipinski definition) is 2. The molecular formula is C10H15NOS. The van der Waals surface area contributed by atoms with Gasteiger partial charge in [0.1, 0.15) is 5.76 Å². The van der Waals surface area contributed by atoms with Crippen LogP contribution in [-0.2, 0) is 4.74 Å². The van der Waals surface area contributed by atoms with Crippen molar-refractivity contribution in [3.63, 3.8) is 0 Å². The van der Waals surface area contributed by atoms with Crippen LogP contribution in [0.25, 0.3) is 0 Å². The van der Waals surface area contributed by atoms with Gasteiger partial charge in [-0.15, -0.1) is 0 Å². The molecule has 0 aromatic carbocycles. The third-order valence-corrected chi connectivity index (χ3v) is 2.30. The molecule has 1 atom stereocenters. The summed E-state index contributed by atoms with van der Waals surface area (Å²) in [6.07, 6.45) is 7.21. The zero-order valence-electron chi connectivity index (χ0n) is 8.28. The van der Waals surface area contributed by atoms with Crippen LogP contribution in [0.5, 0.6) is 0 Å². The molecule has 1 aliphatic rings. The Hall–Kier alpha value is -0.830. The monoisotopic (exact) mass is 197 g/mol. The third kappa shape index (κ3) is 3.19. The highest BCUT2D eigenvalue weighted by atomic mass is 32.1. The van der Waals surface area contributed by atoms with Crippen LogP contribution in [0, 0.1) is 5.92 Å². The molecule has 0 amide bonds. The Morgan fingerprint density at radius 1 is 1.62 bits per heavy atom. The molecule has 1 aliphatic carbocycles. The molecule has 0 saturated carbocycles. The van der Waals surface area contributed by atoms with Gasteiger partial charge in [-0.1, -0.05) is 13.0 Å². The van der Waals surface area contributed by atoms with Crippen molar-refractivity contribution in [2.24, 2.45) is 5.92 Å². The Balaban J connectivity index is 2.48. The molecule has 0 N–H and O–H groups in total. The quantitative estimate of drug-likeness (QED) is 0.599. The summed E-state index contributed by atoms with van der Waals surface area (Å²) in [4.78, 5) is 1.78. The summed E-state index contributed by atoms with van der Waals surface area (Å²) < 4.78 is 5.43. The molecule has 0 fully saturated rings. The summed E-state index contributed by atoms with van der Waals surface area (Å²) >= 11 is 5.02. The van der Waals surface area contributed by atoms with Crippen molar-refractivity contribution in [3.8, 4) is 0 Å². The highest BCUT2D eigenvalue weighted by molar-refractivity contribution is 7.80. The topological polar surface area (TPSA) is 12.5 Å². The third-order valence-electron chi connectivity index (χ3n) is 1.85. The van der Waals surface area contributed by atoms with E-state index < -0.39 is 0 Å². The number of ether oxygens (including phenoxy) is 1. The number of allylic oxidation sites excluding steroid dienone is 3. The number of rotatable bonds is 1. The highest BCUT2D eigenvalue weighted by Crippen LogP contribution is 2.16. The van der Waals surface area contributed by atoms with Crippen molar-refractivity contribution in [1.29, 1.82) is 0 Å². The Labute approximate surface area is 84.9 Å². The normalized spacial score (nSPS) is 20.8. The van der Waals surface area contributed by atoms with Crippen LogP contribution in [0.3, 0.4) is 0 Å². The second kappa shape index (κ2) is 4.42. The molecule has 1 unspecified atom stereocenters. The van der Waals surface area contributed by atoms with Gasteiger partial charge in [0.2, 0.25) is 0 Å². The van der Waals surface area contributed by atoms with Crippen LogP contribution in [-0.4, -0.2) is 24.2 Å². The lowest BCUT2D eigenvalue weighted by Crippen LogP contribution is -2.22. The Bertz CT molecular complexity index is 256. The minimum Gasteiger partial charge on any atom is -0.432 e. The first kappa shape index (κ1) is 10.3. The summed E-state index contributed by atoms with van der Waals surface area (Å²) in [6, 6.07) is 0. The molecule has 0 heterocycles. The van der Waals surface area contributed by atoms with E-state index in [4.69, 9.17) is 17.0 Å². The molecule has 0 aromatic heterocycles. The Morgan fingerprint density at radius 3 is 2.77 bits per heavy atom. The lowest BCUT2D eigenvalue weighted by Gasteiger charge is -2.17. The van der Waals surface area contributed by atoms with Gasteiger partial charge < -0.3 is 9.64 Å². The van der Waals surface area contributed by atoms with E-state index in [9.17, 15) is 0 Å². The molecule has 0 bridgehead atoms. The van der Waals surface area contributed by atoms with Crippen molar-refractivity contribution < 1.29 is 4.74 Å². The second-order valence-corrected chi connectivity index (χ2v) is 3.79. The van der Waals surface area contributed by atoms with Crippen molar-refractivity contribution >= 4 is 17.4 Å². The fourth-order valence-electron chi connectivity index (χ4n) is 0.976. The molecule has 0 aromatic rings. The lowest BCUT2D eigenvalue weighted by atomic mass is 10.0. The van der Waals surface area contributed by atoms with Crippen LogP contribution in [0.2, 0.25) is 0 Å². The minimum absolute atomic E-state index is 0.505. The highest BCUT2D eigenvalue weighted by Gasteiger charge is 2.07. The van der Waals surface area contributed by atoms with E-state index in [0.29, 0.717) is 11.1 Å². The van der Waals surface area contributed by atoms with Gasteiger partial charge in [-0.3, -0.25) is 0 Å². The van der Waals surface area contributed by atoms with Gasteiger partial charge in [-0.05, 0) is 36.7 Å². The molecule has 0 radical (unpaired) electrons. The van der Waals surface area contributed by atoms with Crippen molar-refractivity contribution in [2.75, 3.05) is 14.1 Å². The number of nitrogens with zero attached hydrogens (tertiary/aromatic N) is 1. The van der Waals surface area contributed by atoms with Crippen molar-refractivity contribution in [2.45, 2.75) is 13.3 Å². The lowest BCUT2D eigenvalue weighted by molar-refractivity contribution is 0.365. The van der Waals surface area contributed by atoms with E-state index in [-0.39, 0.29) is 0 Å². The van der Waals surface area contributed by atoms with Gasteiger partial charge in [0.25, 0.3) is 5.17 Å². The van der Waals surface area contributed by atoms with Gasteiger partial charge in [0.05, 0.1) is 0 Å². The van der Waals surface area contributed by atoms with Gasteiger partial charge in [0.15, 0.2) is 0 Å². The zero-order valence-corrected chi connectivity index (χ0v) is 9.10. The van der Waals surface area contributed by atoms with Gasteiger partial charge in [-0.25, -0.2) is 0 Å². The van der Waals surface area contributed by atoms with Crippen molar-refractivity contribution in [1.82, 2.24) is 4.90 Å². The van der Waals surface area contributed by atoms with E-state index in [0.717, 1.165) is 12.2 Å². The van der Waals surface area contributed by atoms with Crippen LogP contribution in [0.4, 0.5) is 0 Å². The fourth-order valence-corrected chi connectivity index (χ4v) is 1.07. The SMILES string of the molecule is CC1C=CC(OC(=S)N(C)C)=CC1. The maximum Gasteiger partial charge on any atom is 0.264 e. The summed E-state index contributed by atoms with van der Waals surface area (Å²) in [7, 11) is 3.75. The first-order valence-corrected chi connectivity index (χ1v) is 4.78. The maximum atomic E-state index is 5.43. The first-order chi connectivity index (χ1) is 6.09. The zero-order chi connectivity index (χ0) is 9.84. The standard InChI is InChI=1S/C10H15NOS/c1-8-4-6-9(7-5-8)12-10(13)11(2)3/h4,6-8H,5H2,1-3H3. The second-order valence-electron chi connectivity index (χ2n) is 3.44. The van der Waals surface area contributed by atoms with E-state index in [1.165, 1.54) is 0 Å². The van der Waals surface area contributed by atoms with Gasteiger partial charge in [-0.2, -0.15) is 0 Å². The molecular weight excluding hydrogens is 182 g/mol. The van der Waals surface area contributed by atoms with E-state index in [1.807, 2.05) is 20.2 Å². The first-order valence-electron chi connectivity index (χ1n) is 4.37. The van der Waals surface area contributed by atoms with Gasteiger partial charge in [0, 0.05) is 14.1 Å². The number of thiocarbonyl (C=S) groups is 1. The summed E-state index contributed by atoms with van der Waals surface area (Å²) in [5.41, 5.74) is 0. The number of hydrogen-bond donors (Lipinski definition) is 0. The largest absolute Gasteiger partial charge is 0.432 e. The molecule has 3 heteroatoms. The van der Waals surface area contributed by atoms with Crippen LogP contribution in [0.1, 0.15) is 13.3 Å². The average molecular weight is 197 g/mol. The van der Waals surface area contributed by atoms with Gasteiger partial charge >= 0.3 is 0 Å². The molecule has 0 saturated heterocycles. The maximum absolute atomic E-state index is 5.43. The van der Waals surface area contributed by atoms with E-state index in [2.05, 4.69) is 19.1 Å². The van der Waals surface area contributed by atoms with Crippen LogP contribution < -0.4 is 0 Å². The molecule has 72 valence electrons. The summed E-state index contributed by atoms with van der Waals surface area (Å²) in [5, 5.41) is 0.505. The predicted molar refractivity (Wildman–Crippen MR) is 58.4 cm³/mol. The predicted octanol–water partition coefficient (Wildman–Crippen LogP) is 2.33. The van der Waals surface area contributed by atoms with Crippen LogP contribution in [0.15, 0.2) is 24.0 Å². The Kier molecular flexibility index (Phi) is 3.48. The summed E-state index contributed by atoms with van der Waals surface area (Å²) in [5.74, 6) is 1.47. The smallest absolute Gasteiger partial charge is 0.264 e. The molecule has 0 spiro atoms. The van der Waals surface area contributed by atoms with Crippen LogP contribution >= 0.6 is 12.2 Å². The van der Waals surface area contributed by atoms with E-state index >= 15 is 0 Å². The molecule has 2 nitrogen and oxygen atoms in total. The van der Waals surface area contributed by atoms with E-state index in [1.54, 1.807) is 4.90 Å². The van der Waals surface area contributed by atoms with Crippen molar-refractivity contribution in [3.05, 3.63) is 24.0 Å². The molecule has 0 aliphatic heterocycles. The summed E-state index contributed by atoms with van der Waals surface area (Å²) in [6.45, 7) is 2.17. The fraction of sp³-hybridized carbons (Fsp3) is 0.500. The molecule has 1 rings (SSSR count). The Morgan fingerprint density at radius 2 is 2.31 bits per heavy atom. The minimum atomic E-state index is 0.505. The average Bonchev–Trinajstić information content (AvgIpc) is 2.08.